The molecule has 0 aliphatic rings. The van der Waals surface area contributed by atoms with E-state index in [0.29, 0.717) is 5.56 Å². The number of hydrogen-bond donors (Lipinski definition) is 1. The first-order valence-electron chi connectivity index (χ1n) is 8.01. The van der Waals surface area contributed by atoms with Gasteiger partial charge in [0.25, 0.3) is 0 Å². The minimum Gasteiger partial charge on any atom is -0.354 e. The fourth-order valence-corrected chi connectivity index (χ4v) is 2.63. The standard InChI is InChI=1S/C19H20F4N2O/c1-25(2)17(14-6-4-8-16(20)11-14)12-24-18(26)10-13-5-3-7-15(9-13)19(21,22)23/h3-9,11,17H,10,12H2,1-2H3,(H,24,26)/t17-/m1/s1. The van der Waals surface area contributed by atoms with Gasteiger partial charge < -0.3 is 10.2 Å². The molecular formula is C19H20F4N2O. The molecule has 0 aromatic heterocycles. The second kappa shape index (κ2) is 8.31. The van der Waals surface area contributed by atoms with Gasteiger partial charge >= 0.3 is 6.18 Å². The van der Waals surface area contributed by atoms with Gasteiger partial charge in [0, 0.05) is 6.54 Å². The fourth-order valence-electron chi connectivity index (χ4n) is 2.63. The van der Waals surface area contributed by atoms with Crippen molar-refractivity contribution in [1.82, 2.24) is 10.2 Å². The predicted molar refractivity (Wildman–Crippen MR) is 91.0 cm³/mol. The molecule has 0 saturated carbocycles. The summed E-state index contributed by atoms with van der Waals surface area (Å²) in [6.07, 6.45) is -4.60. The summed E-state index contributed by atoms with van der Waals surface area (Å²) in [5, 5.41) is 2.70. The smallest absolute Gasteiger partial charge is 0.354 e. The topological polar surface area (TPSA) is 32.3 Å². The minimum absolute atomic E-state index is 0.160. The van der Waals surface area contributed by atoms with Crippen LogP contribution in [0.4, 0.5) is 17.6 Å². The van der Waals surface area contributed by atoms with Crippen LogP contribution in [0.15, 0.2) is 48.5 Å². The van der Waals surface area contributed by atoms with Crippen molar-refractivity contribution < 1.29 is 22.4 Å². The molecule has 0 aliphatic heterocycles. The van der Waals surface area contributed by atoms with Crippen molar-refractivity contribution in [2.24, 2.45) is 0 Å². The lowest BCUT2D eigenvalue weighted by molar-refractivity contribution is -0.137. The lowest BCUT2D eigenvalue weighted by Gasteiger charge is -2.25. The van der Waals surface area contributed by atoms with Gasteiger partial charge in [-0.2, -0.15) is 13.2 Å². The Labute approximate surface area is 149 Å². The largest absolute Gasteiger partial charge is 0.416 e. The Morgan fingerprint density at radius 2 is 1.81 bits per heavy atom. The van der Waals surface area contributed by atoms with Gasteiger partial charge in [-0.1, -0.05) is 30.3 Å². The Morgan fingerprint density at radius 3 is 2.42 bits per heavy atom. The summed E-state index contributed by atoms with van der Waals surface area (Å²) in [7, 11) is 3.60. The third-order valence-corrected chi connectivity index (χ3v) is 3.97. The number of halogens is 4. The van der Waals surface area contributed by atoms with E-state index in [1.807, 2.05) is 4.90 Å². The fraction of sp³-hybridized carbons (Fsp3) is 0.316. The molecule has 0 fully saturated rings. The normalized spacial score (nSPS) is 12.9. The van der Waals surface area contributed by atoms with Crippen molar-refractivity contribution in [2.45, 2.75) is 18.6 Å². The highest BCUT2D eigenvalue weighted by Gasteiger charge is 2.30. The molecule has 0 saturated heterocycles. The first kappa shape index (κ1) is 19.9. The highest BCUT2D eigenvalue weighted by atomic mass is 19.4. The number of carbonyl (C=O) groups excluding carboxylic acids is 1. The van der Waals surface area contributed by atoms with Gasteiger partial charge in [-0.3, -0.25) is 4.79 Å². The number of carbonyl (C=O) groups is 1. The molecule has 0 spiro atoms. The monoisotopic (exact) mass is 368 g/mol. The second-order valence-electron chi connectivity index (χ2n) is 6.21. The highest BCUT2D eigenvalue weighted by Crippen LogP contribution is 2.29. The molecule has 1 atom stereocenters. The zero-order valence-electron chi connectivity index (χ0n) is 14.5. The maximum atomic E-state index is 13.4. The molecule has 7 heteroatoms. The van der Waals surface area contributed by atoms with Gasteiger partial charge in [-0.25, -0.2) is 4.39 Å². The third-order valence-electron chi connectivity index (χ3n) is 3.97. The van der Waals surface area contributed by atoms with Gasteiger partial charge in [-0.15, -0.1) is 0 Å². The molecule has 1 amide bonds. The predicted octanol–water partition coefficient (Wildman–Crippen LogP) is 3.81. The number of nitrogens with one attached hydrogen (secondary N) is 1. The Hall–Kier alpha value is -2.41. The van der Waals surface area contributed by atoms with Gasteiger partial charge in [0.2, 0.25) is 5.91 Å². The molecule has 0 aliphatic carbocycles. The van der Waals surface area contributed by atoms with Crippen LogP contribution >= 0.6 is 0 Å². The second-order valence-corrected chi connectivity index (χ2v) is 6.21. The summed E-state index contributed by atoms with van der Waals surface area (Å²) in [4.78, 5) is 13.9. The summed E-state index contributed by atoms with van der Waals surface area (Å²) in [6.45, 7) is 0.217. The van der Waals surface area contributed by atoms with Gasteiger partial charge in [0.1, 0.15) is 5.82 Å². The molecule has 2 aromatic rings. The zero-order chi connectivity index (χ0) is 19.3. The van der Waals surface area contributed by atoms with Crippen molar-refractivity contribution >= 4 is 5.91 Å². The van der Waals surface area contributed by atoms with E-state index >= 15 is 0 Å². The minimum atomic E-state index is -4.44. The molecule has 1 N–H and O–H groups in total. The van der Waals surface area contributed by atoms with Crippen molar-refractivity contribution in [3.05, 3.63) is 71.0 Å². The number of amides is 1. The van der Waals surface area contributed by atoms with Crippen LogP contribution in [0.25, 0.3) is 0 Å². The van der Waals surface area contributed by atoms with E-state index in [4.69, 9.17) is 0 Å². The third kappa shape index (κ3) is 5.56. The molecular weight excluding hydrogens is 348 g/mol. The maximum absolute atomic E-state index is 13.4. The van der Waals surface area contributed by atoms with Gasteiger partial charge in [0.05, 0.1) is 18.0 Å². The van der Waals surface area contributed by atoms with Crippen LogP contribution in [0.3, 0.4) is 0 Å². The molecule has 3 nitrogen and oxygen atoms in total. The highest BCUT2D eigenvalue weighted by molar-refractivity contribution is 5.78. The Morgan fingerprint density at radius 1 is 1.12 bits per heavy atom. The van der Waals surface area contributed by atoms with E-state index in [1.165, 1.54) is 24.3 Å². The summed E-state index contributed by atoms with van der Waals surface area (Å²) < 4.78 is 51.6. The van der Waals surface area contributed by atoms with Crippen molar-refractivity contribution in [3.8, 4) is 0 Å². The van der Waals surface area contributed by atoms with E-state index < -0.39 is 17.6 Å². The first-order chi connectivity index (χ1) is 12.2. The van der Waals surface area contributed by atoms with Crippen LogP contribution < -0.4 is 5.32 Å². The summed E-state index contributed by atoms with van der Waals surface area (Å²) in [5.41, 5.74) is 0.201. The summed E-state index contributed by atoms with van der Waals surface area (Å²) in [6, 6.07) is 10.5. The van der Waals surface area contributed by atoms with Crippen LogP contribution in [0.5, 0.6) is 0 Å². The molecule has 26 heavy (non-hydrogen) atoms. The number of rotatable bonds is 6. The molecule has 0 radical (unpaired) electrons. The average Bonchev–Trinajstić information content (AvgIpc) is 2.54. The Bertz CT molecular complexity index is 759. The zero-order valence-corrected chi connectivity index (χ0v) is 14.5. The van der Waals surface area contributed by atoms with E-state index in [-0.39, 0.29) is 30.4 Å². The van der Waals surface area contributed by atoms with E-state index in [2.05, 4.69) is 5.32 Å². The number of alkyl halides is 3. The summed E-state index contributed by atoms with van der Waals surface area (Å²) >= 11 is 0. The number of hydrogen-bond acceptors (Lipinski definition) is 2. The lowest BCUT2D eigenvalue weighted by Crippen LogP contribution is -2.35. The van der Waals surface area contributed by atoms with E-state index in [0.717, 1.165) is 12.1 Å². The molecule has 2 rings (SSSR count). The van der Waals surface area contributed by atoms with Crippen LogP contribution in [0.1, 0.15) is 22.7 Å². The van der Waals surface area contributed by atoms with Crippen LogP contribution in [-0.4, -0.2) is 31.4 Å². The van der Waals surface area contributed by atoms with Gasteiger partial charge in [0.15, 0.2) is 0 Å². The lowest BCUT2D eigenvalue weighted by atomic mass is 10.0. The van der Waals surface area contributed by atoms with E-state index in [1.54, 1.807) is 26.2 Å². The molecule has 0 heterocycles. The Kier molecular flexibility index (Phi) is 6.37. The number of benzene rings is 2. The Balaban J connectivity index is 2.01. The number of nitrogens with zero attached hydrogens (tertiary/aromatic N) is 1. The van der Waals surface area contributed by atoms with Crippen LogP contribution in [-0.2, 0) is 17.4 Å². The van der Waals surface area contributed by atoms with Crippen molar-refractivity contribution in [3.63, 3.8) is 0 Å². The van der Waals surface area contributed by atoms with E-state index in [9.17, 15) is 22.4 Å². The molecule has 0 unspecified atom stereocenters. The van der Waals surface area contributed by atoms with Crippen molar-refractivity contribution in [1.29, 1.82) is 0 Å². The SMILES string of the molecule is CN(C)[C@H](CNC(=O)Cc1cccc(C(F)(F)F)c1)c1cccc(F)c1. The molecule has 0 bridgehead atoms. The summed E-state index contributed by atoms with van der Waals surface area (Å²) in [5.74, 6) is -0.766. The van der Waals surface area contributed by atoms with Crippen LogP contribution in [0, 0.1) is 5.82 Å². The number of likely N-dealkylation sites (N-methyl/N-ethyl adjacent to an activating group) is 1. The average molecular weight is 368 g/mol. The van der Waals surface area contributed by atoms with Crippen LogP contribution in [0.2, 0.25) is 0 Å². The molecule has 140 valence electrons. The van der Waals surface area contributed by atoms with Gasteiger partial charge in [-0.05, 0) is 43.4 Å². The molecule has 2 aromatic carbocycles. The quantitative estimate of drug-likeness (QED) is 0.787. The first-order valence-corrected chi connectivity index (χ1v) is 8.01. The van der Waals surface area contributed by atoms with Crippen molar-refractivity contribution in [2.75, 3.05) is 20.6 Å². The maximum Gasteiger partial charge on any atom is 0.416 e.